The summed E-state index contributed by atoms with van der Waals surface area (Å²) in [5, 5.41) is 15.4. The second-order valence-electron chi connectivity index (χ2n) is 9.42. The summed E-state index contributed by atoms with van der Waals surface area (Å²) in [7, 11) is 0. The van der Waals surface area contributed by atoms with Crippen molar-refractivity contribution < 1.29 is 29.0 Å². The summed E-state index contributed by atoms with van der Waals surface area (Å²) in [6.07, 6.45) is 6.04. The van der Waals surface area contributed by atoms with Gasteiger partial charge in [0.25, 0.3) is 0 Å². The molecule has 1 saturated carbocycles. The number of phenolic OH excluding ortho intramolecular Hbond substituents is 1. The van der Waals surface area contributed by atoms with E-state index in [4.69, 9.17) is 4.74 Å². The highest BCUT2D eigenvalue weighted by Gasteiger charge is 2.58. The number of likely N-dealkylation sites (tertiary alicyclic amines) is 1. The van der Waals surface area contributed by atoms with Crippen LogP contribution in [0.3, 0.4) is 0 Å². The van der Waals surface area contributed by atoms with E-state index in [-0.39, 0.29) is 67.4 Å². The van der Waals surface area contributed by atoms with E-state index in [1.54, 1.807) is 12.1 Å². The molecule has 0 aromatic heterocycles. The summed E-state index contributed by atoms with van der Waals surface area (Å²) in [5.41, 5.74) is 0.760. The summed E-state index contributed by atoms with van der Waals surface area (Å²) in [5.74, 6) is -0.844. The van der Waals surface area contributed by atoms with Gasteiger partial charge in [-0.25, -0.2) is 4.79 Å². The van der Waals surface area contributed by atoms with Gasteiger partial charge in [-0.3, -0.25) is 19.3 Å². The molecule has 1 saturated heterocycles. The first-order chi connectivity index (χ1) is 17.2. The van der Waals surface area contributed by atoms with Gasteiger partial charge in [-0.05, 0) is 87.6 Å². The zero-order chi connectivity index (χ0) is 26.0. The molecule has 5 atom stereocenters. The van der Waals surface area contributed by atoms with Crippen molar-refractivity contribution in [2.75, 3.05) is 19.7 Å². The fraction of sp³-hybridized carbons (Fsp3) is 0.520. The lowest BCUT2D eigenvalue weighted by Gasteiger charge is -2.21. The molecule has 9 nitrogen and oxygen atoms in total. The molecule has 4 amide bonds. The van der Waals surface area contributed by atoms with Gasteiger partial charge in [-0.2, -0.15) is 0 Å². The van der Waals surface area contributed by atoms with Crippen molar-refractivity contribution in [3.8, 4) is 5.75 Å². The highest BCUT2D eigenvalue weighted by Crippen LogP contribution is 2.52. The van der Waals surface area contributed by atoms with E-state index in [0.717, 1.165) is 24.8 Å². The Morgan fingerprint density at radius 3 is 2.33 bits per heavy atom. The number of halogens is 2. The maximum absolute atomic E-state index is 13.1. The molecular weight excluding hydrogens is 692 g/mol. The number of benzene rings is 1. The van der Waals surface area contributed by atoms with Gasteiger partial charge in [0.05, 0.1) is 25.6 Å². The number of carbonyl (C=O) groups excluding carboxylic acids is 4. The van der Waals surface area contributed by atoms with Crippen LogP contribution in [0.1, 0.15) is 31.7 Å². The Bertz CT molecular complexity index is 1040. The quantitative estimate of drug-likeness (QED) is 0.148. The van der Waals surface area contributed by atoms with Gasteiger partial charge in [0.1, 0.15) is 11.8 Å². The van der Waals surface area contributed by atoms with E-state index in [1.807, 2.05) is 64.3 Å². The molecule has 2 bridgehead atoms. The third-order valence-electron chi connectivity index (χ3n) is 7.05. The number of allylic oxidation sites excluding steroid dienone is 2. The zero-order valence-corrected chi connectivity index (χ0v) is 24.2. The minimum Gasteiger partial charge on any atom is -0.506 e. The van der Waals surface area contributed by atoms with Crippen molar-refractivity contribution in [2.45, 2.75) is 38.6 Å². The Hall–Kier alpha value is -1.90. The smallest absolute Gasteiger partial charge is 0.407 e. The van der Waals surface area contributed by atoms with Gasteiger partial charge in [0.2, 0.25) is 17.7 Å². The number of phenols is 1. The van der Waals surface area contributed by atoms with Gasteiger partial charge in [-0.1, -0.05) is 25.5 Å². The van der Waals surface area contributed by atoms with Crippen LogP contribution < -0.4 is 10.6 Å². The number of rotatable bonds is 10. The number of fused-ring (bicyclic) bond motifs is 5. The Kier molecular flexibility index (Phi) is 8.79. The van der Waals surface area contributed by atoms with Crippen molar-refractivity contribution in [2.24, 2.45) is 23.7 Å². The lowest BCUT2D eigenvalue weighted by Crippen LogP contribution is -2.50. The summed E-state index contributed by atoms with van der Waals surface area (Å²) >= 11 is 4.03. The number of ether oxygens (including phenoxy) is 1. The first-order valence-corrected chi connectivity index (χ1v) is 14.3. The molecule has 2 fully saturated rings. The van der Waals surface area contributed by atoms with Crippen LogP contribution >= 0.6 is 45.2 Å². The molecule has 36 heavy (non-hydrogen) atoms. The van der Waals surface area contributed by atoms with Crippen LogP contribution in [-0.2, 0) is 25.5 Å². The first kappa shape index (κ1) is 27.1. The average molecular weight is 721 g/mol. The topological polar surface area (TPSA) is 125 Å². The van der Waals surface area contributed by atoms with Crippen molar-refractivity contribution in [3.05, 3.63) is 37.0 Å². The number of unbranched alkanes of at least 4 members (excludes halogenated alkanes) is 1. The summed E-state index contributed by atoms with van der Waals surface area (Å²) in [6, 6.07) is 2.58. The number of carbonyl (C=O) groups is 4. The van der Waals surface area contributed by atoms with E-state index in [0.29, 0.717) is 7.14 Å². The molecule has 1 heterocycles. The molecule has 1 aromatic rings. The number of alkyl carbamates (subject to hydrolysis) is 1. The summed E-state index contributed by atoms with van der Waals surface area (Å²) in [6.45, 7) is 2.42. The SMILES string of the molecule is CCCCOC(=O)N[C@H](Cc1cc(I)c(O)c(I)c1)C(=O)NCCN1C(=O)[C@@H]2[C@H](C1=O)[C@@H]1C=C[C@H]2C1. The van der Waals surface area contributed by atoms with Gasteiger partial charge in [0, 0.05) is 19.5 Å². The minimum atomic E-state index is -0.931. The van der Waals surface area contributed by atoms with Gasteiger partial charge < -0.3 is 20.5 Å². The number of imide groups is 1. The Morgan fingerprint density at radius 1 is 1.14 bits per heavy atom. The molecule has 4 rings (SSSR count). The molecule has 1 aromatic carbocycles. The number of aromatic hydroxyl groups is 1. The van der Waals surface area contributed by atoms with Crippen molar-refractivity contribution >= 4 is 69.0 Å². The van der Waals surface area contributed by atoms with Crippen LogP contribution in [-0.4, -0.2) is 59.6 Å². The number of nitrogens with zero attached hydrogens (tertiary/aromatic N) is 1. The molecule has 0 radical (unpaired) electrons. The minimum absolute atomic E-state index is 0.0895. The Labute approximate surface area is 237 Å². The van der Waals surface area contributed by atoms with Crippen molar-refractivity contribution in [1.29, 1.82) is 0 Å². The van der Waals surface area contributed by atoms with Crippen LogP contribution in [0.15, 0.2) is 24.3 Å². The number of amides is 4. The first-order valence-electron chi connectivity index (χ1n) is 12.1. The normalized spacial score (nSPS) is 24.7. The number of hydrogen-bond acceptors (Lipinski definition) is 6. The third kappa shape index (κ3) is 5.65. The molecule has 0 spiro atoms. The number of nitrogens with one attached hydrogen (secondary N) is 2. The van der Waals surface area contributed by atoms with E-state index < -0.39 is 18.0 Å². The molecule has 3 N–H and O–H groups in total. The molecule has 3 aliphatic rings. The second kappa shape index (κ2) is 11.7. The Morgan fingerprint density at radius 2 is 1.75 bits per heavy atom. The van der Waals surface area contributed by atoms with Crippen LogP contribution in [0, 0.1) is 30.8 Å². The molecule has 2 aliphatic carbocycles. The van der Waals surface area contributed by atoms with Gasteiger partial charge >= 0.3 is 6.09 Å². The lowest BCUT2D eigenvalue weighted by atomic mass is 9.85. The van der Waals surface area contributed by atoms with Crippen LogP contribution in [0.5, 0.6) is 5.75 Å². The maximum atomic E-state index is 13.1. The van der Waals surface area contributed by atoms with Crippen molar-refractivity contribution in [3.63, 3.8) is 0 Å². The molecule has 1 aliphatic heterocycles. The van der Waals surface area contributed by atoms with Crippen molar-refractivity contribution in [1.82, 2.24) is 15.5 Å². The predicted molar refractivity (Wildman–Crippen MR) is 148 cm³/mol. The fourth-order valence-electron chi connectivity index (χ4n) is 5.27. The van der Waals surface area contributed by atoms with E-state index in [9.17, 15) is 24.3 Å². The Balaban J connectivity index is 1.37. The largest absolute Gasteiger partial charge is 0.506 e. The molecule has 0 unspecified atom stereocenters. The second-order valence-corrected chi connectivity index (χ2v) is 11.7. The highest BCUT2D eigenvalue weighted by molar-refractivity contribution is 14.1. The highest BCUT2D eigenvalue weighted by atomic mass is 127. The fourth-order valence-corrected chi connectivity index (χ4v) is 7.17. The van der Waals surface area contributed by atoms with E-state index >= 15 is 0 Å². The number of hydrogen-bond donors (Lipinski definition) is 3. The monoisotopic (exact) mass is 721 g/mol. The molecule has 194 valence electrons. The molecular formula is C25H29I2N3O6. The summed E-state index contributed by atoms with van der Waals surface area (Å²) in [4.78, 5) is 52.4. The van der Waals surface area contributed by atoms with Gasteiger partial charge in [0.15, 0.2) is 0 Å². The van der Waals surface area contributed by atoms with E-state index in [1.165, 1.54) is 4.90 Å². The molecule has 11 heteroatoms. The van der Waals surface area contributed by atoms with Crippen LogP contribution in [0.2, 0.25) is 0 Å². The standard InChI is InChI=1S/C25H29I2N3O6/c1-2-3-8-36-25(35)29-18(11-13-9-16(26)21(31)17(27)10-13)22(32)28-6-7-30-23(33)19-14-4-5-15(12-14)20(19)24(30)34/h4-5,9-10,14-15,18-20,31H,2-3,6-8,11-12H2,1H3,(H,28,32)(H,29,35)/t14-,15+,18-,19-,20+/m1/s1. The average Bonchev–Trinajstić information content (AvgIpc) is 3.52. The predicted octanol–water partition coefficient (Wildman–Crippen LogP) is 2.96. The maximum Gasteiger partial charge on any atom is 0.407 e. The lowest BCUT2D eigenvalue weighted by molar-refractivity contribution is -0.141. The van der Waals surface area contributed by atoms with Gasteiger partial charge in [-0.15, -0.1) is 0 Å². The zero-order valence-electron chi connectivity index (χ0n) is 19.8. The third-order valence-corrected chi connectivity index (χ3v) is 8.70. The van der Waals surface area contributed by atoms with Crippen LogP contribution in [0.25, 0.3) is 0 Å². The van der Waals surface area contributed by atoms with E-state index in [2.05, 4.69) is 10.6 Å². The van der Waals surface area contributed by atoms with Crippen LogP contribution in [0.4, 0.5) is 4.79 Å². The summed E-state index contributed by atoms with van der Waals surface area (Å²) < 4.78 is 6.45.